The number of nitrogens with zero attached hydrogens (tertiary/aromatic N) is 6. The van der Waals surface area contributed by atoms with E-state index in [1.807, 2.05) is 32.2 Å². The van der Waals surface area contributed by atoms with Crippen LogP contribution in [0.3, 0.4) is 0 Å². The van der Waals surface area contributed by atoms with Gasteiger partial charge in [-0.1, -0.05) is 0 Å². The van der Waals surface area contributed by atoms with E-state index in [9.17, 15) is 8.42 Å². The van der Waals surface area contributed by atoms with Crippen molar-refractivity contribution in [1.29, 1.82) is 0 Å². The number of pyridine rings is 1. The summed E-state index contributed by atoms with van der Waals surface area (Å²) in [5.41, 5.74) is 2.00. The van der Waals surface area contributed by atoms with Crippen LogP contribution in [0.15, 0.2) is 48.0 Å². The van der Waals surface area contributed by atoms with Gasteiger partial charge in [-0.2, -0.15) is 9.40 Å². The minimum absolute atomic E-state index is 0.0374. The maximum absolute atomic E-state index is 13.1. The number of rotatable bonds is 5. The minimum atomic E-state index is -3.56. The molecule has 4 rings (SSSR count). The zero-order valence-electron chi connectivity index (χ0n) is 16.1. The molecule has 3 aromatic heterocycles. The highest BCUT2D eigenvalue weighted by Crippen LogP contribution is 2.31. The maximum Gasteiger partial charge on any atom is 0.246 e. The van der Waals surface area contributed by atoms with Crippen LogP contribution < -0.4 is 0 Å². The van der Waals surface area contributed by atoms with Crippen molar-refractivity contribution < 1.29 is 8.42 Å². The molecule has 4 heterocycles. The third kappa shape index (κ3) is 3.35. The molecule has 8 nitrogen and oxygen atoms in total. The topological polar surface area (TPSA) is 85.9 Å². The van der Waals surface area contributed by atoms with Crippen molar-refractivity contribution in [2.45, 2.75) is 44.2 Å². The first-order valence-electron chi connectivity index (χ1n) is 9.47. The van der Waals surface area contributed by atoms with Crippen LogP contribution in [0.5, 0.6) is 0 Å². The standard InChI is InChI=1S/C19H24N6O2S/c1-3-23-14-18(12-22-23)28(26,27)24-10-4-5-17(13-24)25-15(2)11-21-19(25)16-6-8-20-9-7-16/h6-9,11-12,14,17H,3-5,10,13H2,1-2H3. The van der Waals surface area contributed by atoms with Crippen LogP contribution in [-0.4, -0.2) is 50.1 Å². The first-order valence-corrected chi connectivity index (χ1v) is 10.9. The van der Waals surface area contributed by atoms with E-state index in [2.05, 4.69) is 19.6 Å². The first-order chi connectivity index (χ1) is 13.5. The second-order valence-corrected chi connectivity index (χ2v) is 8.96. The van der Waals surface area contributed by atoms with Crippen molar-refractivity contribution in [2.75, 3.05) is 13.1 Å². The van der Waals surface area contributed by atoms with E-state index in [1.54, 1.807) is 27.6 Å². The van der Waals surface area contributed by atoms with Crippen molar-refractivity contribution in [1.82, 2.24) is 28.6 Å². The van der Waals surface area contributed by atoms with E-state index in [0.717, 1.165) is 29.9 Å². The van der Waals surface area contributed by atoms with Crippen molar-refractivity contribution in [3.05, 3.63) is 48.8 Å². The van der Waals surface area contributed by atoms with E-state index in [0.29, 0.717) is 19.6 Å². The molecule has 3 aromatic rings. The smallest absolute Gasteiger partial charge is 0.246 e. The maximum atomic E-state index is 13.1. The molecule has 148 valence electrons. The average Bonchev–Trinajstić information content (AvgIpc) is 3.36. The van der Waals surface area contributed by atoms with Crippen LogP contribution in [0.1, 0.15) is 31.5 Å². The van der Waals surface area contributed by atoms with E-state index in [4.69, 9.17) is 0 Å². The minimum Gasteiger partial charge on any atom is -0.324 e. The number of aromatic nitrogens is 5. The molecule has 0 N–H and O–H groups in total. The molecule has 28 heavy (non-hydrogen) atoms. The van der Waals surface area contributed by atoms with E-state index in [-0.39, 0.29) is 10.9 Å². The molecule has 0 saturated carbocycles. The molecule has 0 aromatic carbocycles. The summed E-state index contributed by atoms with van der Waals surface area (Å²) in [5.74, 6) is 0.850. The lowest BCUT2D eigenvalue weighted by molar-refractivity contribution is 0.266. The quantitative estimate of drug-likeness (QED) is 0.657. The largest absolute Gasteiger partial charge is 0.324 e. The Labute approximate surface area is 164 Å². The fourth-order valence-electron chi connectivity index (χ4n) is 3.77. The van der Waals surface area contributed by atoms with Gasteiger partial charge in [0.05, 0.1) is 6.20 Å². The average molecular weight is 401 g/mol. The molecule has 1 aliphatic rings. The van der Waals surface area contributed by atoms with Crippen LogP contribution >= 0.6 is 0 Å². The lowest BCUT2D eigenvalue weighted by Crippen LogP contribution is -2.40. The van der Waals surface area contributed by atoms with Crippen molar-refractivity contribution in [2.24, 2.45) is 0 Å². The van der Waals surface area contributed by atoms with Crippen molar-refractivity contribution >= 4 is 10.0 Å². The fraction of sp³-hybridized carbons (Fsp3) is 0.421. The summed E-state index contributed by atoms with van der Waals surface area (Å²) in [7, 11) is -3.56. The predicted octanol–water partition coefficient (Wildman–Crippen LogP) is 2.50. The van der Waals surface area contributed by atoms with Crippen LogP contribution in [-0.2, 0) is 16.6 Å². The Kier molecular flexibility index (Phi) is 5.03. The number of hydrogen-bond acceptors (Lipinski definition) is 5. The van der Waals surface area contributed by atoms with E-state index >= 15 is 0 Å². The molecule has 1 fully saturated rings. The fourth-order valence-corrected chi connectivity index (χ4v) is 5.24. The molecule has 0 bridgehead atoms. The first kappa shape index (κ1) is 18.8. The Morgan fingerprint density at radius 1 is 1.21 bits per heavy atom. The molecule has 1 unspecified atom stereocenters. The normalized spacial score (nSPS) is 18.4. The Hall–Kier alpha value is -2.52. The zero-order chi connectivity index (χ0) is 19.7. The van der Waals surface area contributed by atoms with Gasteiger partial charge in [-0.15, -0.1) is 0 Å². The van der Waals surface area contributed by atoms with Crippen LogP contribution in [0.4, 0.5) is 0 Å². The van der Waals surface area contributed by atoms with Crippen molar-refractivity contribution in [3.63, 3.8) is 0 Å². The predicted molar refractivity (Wildman–Crippen MR) is 105 cm³/mol. The molecule has 1 saturated heterocycles. The summed E-state index contributed by atoms with van der Waals surface area (Å²) in [6.45, 7) is 5.53. The molecule has 1 aliphatic heterocycles. The summed E-state index contributed by atoms with van der Waals surface area (Å²) in [4.78, 5) is 8.91. The second kappa shape index (κ2) is 7.48. The Bertz CT molecular complexity index is 1060. The molecule has 0 aliphatic carbocycles. The number of sulfonamides is 1. The number of hydrogen-bond donors (Lipinski definition) is 0. The summed E-state index contributed by atoms with van der Waals surface area (Å²) in [6.07, 6.45) is 10.1. The number of aryl methyl sites for hydroxylation is 2. The molecular weight excluding hydrogens is 376 g/mol. The van der Waals surface area contributed by atoms with Gasteiger partial charge in [0.15, 0.2) is 0 Å². The Morgan fingerprint density at radius 3 is 2.71 bits per heavy atom. The Balaban J connectivity index is 1.64. The third-order valence-electron chi connectivity index (χ3n) is 5.22. The molecule has 9 heteroatoms. The van der Waals surface area contributed by atoms with Crippen molar-refractivity contribution in [3.8, 4) is 11.4 Å². The molecular formula is C19H24N6O2S. The third-order valence-corrected chi connectivity index (χ3v) is 7.03. The van der Waals surface area contributed by atoms with Crippen LogP contribution in [0, 0.1) is 6.92 Å². The highest BCUT2D eigenvalue weighted by molar-refractivity contribution is 7.89. The van der Waals surface area contributed by atoms with Gasteiger partial charge in [-0.3, -0.25) is 9.67 Å². The molecule has 1 atom stereocenters. The van der Waals surface area contributed by atoms with E-state index < -0.39 is 10.0 Å². The molecule has 0 spiro atoms. The van der Waals surface area contributed by atoms with Gasteiger partial charge in [-0.05, 0) is 38.8 Å². The summed E-state index contributed by atoms with van der Waals surface area (Å²) in [5, 5.41) is 4.12. The van der Waals surface area contributed by atoms with Gasteiger partial charge < -0.3 is 4.57 Å². The van der Waals surface area contributed by atoms with Gasteiger partial charge in [0.25, 0.3) is 0 Å². The SMILES string of the molecule is CCn1cc(S(=O)(=O)N2CCCC(n3c(C)cnc3-c3ccncc3)C2)cn1. The molecule has 0 amide bonds. The van der Waals surface area contributed by atoms with Crippen LogP contribution in [0.2, 0.25) is 0 Å². The highest BCUT2D eigenvalue weighted by atomic mass is 32.2. The van der Waals surface area contributed by atoms with E-state index in [1.165, 1.54) is 6.20 Å². The second-order valence-electron chi connectivity index (χ2n) is 7.02. The van der Waals surface area contributed by atoms with Gasteiger partial charge in [0, 0.05) is 61.7 Å². The Morgan fingerprint density at radius 2 is 2.00 bits per heavy atom. The summed E-state index contributed by atoms with van der Waals surface area (Å²) >= 11 is 0. The lowest BCUT2D eigenvalue weighted by atomic mass is 10.1. The summed E-state index contributed by atoms with van der Waals surface area (Å²) < 4.78 is 31.6. The number of piperidine rings is 1. The monoisotopic (exact) mass is 400 g/mol. The van der Waals surface area contributed by atoms with Gasteiger partial charge >= 0.3 is 0 Å². The van der Waals surface area contributed by atoms with Gasteiger partial charge in [-0.25, -0.2) is 13.4 Å². The lowest BCUT2D eigenvalue weighted by Gasteiger charge is -2.33. The number of imidazole rings is 1. The summed E-state index contributed by atoms with van der Waals surface area (Å²) in [6, 6.07) is 3.89. The van der Waals surface area contributed by atoms with Crippen LogP contribution in [0.25, 0.3) is 11.4 Å². The highest BCUT2D eigenvalue weighted by Gasteiger charge is 2.33. The van der Waals surface area contributed by atoms with Gasteiger partial charge in [0.2, 0.25) is 10.0 Å². The molecule has 0 radical (unpaired) electrons. The zero-order valence-corrected chi connectivity index (χ0v) is 16.9. The van der Waals surface area contributed by atoms with Gasteiger partial charge in [0.1, 0.15) is 10.7 Å².